The number of benzene rings is 1. The fraction of sp³-hybridized carbons (Fsp3) is 0.391. The zero-order chi connectivity index (χ0) is 22.5. The van der Waals surface area contributed by atoms with Gasteiger partial charge in [-0.15, -0.1) is 0 Å². The van der Waals surface area contributed by atoms with E-state index in [1.165, 1.54) is 16.8 Å². The number of halogens is 1. The minimum absolute atomic E-state index is 0.00241. The molecular weight excluding hydrogens is 411 g/mol. The molecule has 3 aromatic rings. The maximum absolute atomic E-state index is 13.1. The zero-order valence-corrected chi connectivity index (χ0v) is 18.1. The third-order valence-corrected chi connectivity index (χ3v) is 5.60. The third-order valence-electron chi connectivity index (χ3n) is 5.60. The number of fused-ring (bicyclic) bond motifs is 1. The van der Waals surface area contributed by atoms with E-state index in [1.54, 1.807) is 22.9 Å². The fourth-order valence-corrected chi connectivity index (χ4v) is 3.98. The van der Waals surface area contributed by atoms with Gasteiger partial charge in [-0.2, -0.15) is 5.10 Å². The van der Waals surface area contributed by atoms with Gasteiger partial charge in [0.25, 0.3) is 0 Å². The second-order valence-corrected chi connectivity index (χ2v) is 8.22. The van der Waals surface area contributed by atoms with Gasteiger partial charge in [-0.25, -0.2) is 13.9 Å². The lowest BCUT2D eigenvalue weighted by atomic mass is 10.1. The van der Waals surface area contributed by atoms with Crippen LogP contribution in [-0.4, -0.2) is 49.8 Å². The molecule has 0 spiro atoms. The molecule has 0 bridgehead atoms. The van der Waals surface area contributed by atoms with E-state index in [9.17, 15) is 14.0 Å². The molecule has 8 nitrogen and oxygen atoms in total. The van der Waals surface area contributed by atoms with Crippen molar-refractivity contribution in [2.45, 2.75) is 44.9 Å². The highest BCUT2D eigenvalue weighted by molar-refractivity contribution is 5.78. The zero-order valence-electron chi connectivity index (χ0n) is 18.1. The lowest BCUT2D eigenvalue weighted by Gasteiger charge is -2.20. The van der Waals surface area contributed by atoms with Gasteiger partial charge >= 0.3 is 5.69 Å². The first-order chi connectivity index (χ1) is 15.5. The summed E-state index contributed by atoms with van der Waals surface area (Å²) < 4.78 is 16.2. The summed E-state index contributed by atoms with van der Waals surface area (Å²) in [7, 11) is 1.89. The van der Waals surface area contributed by atoms with Gasteiger partial charge in [-0.05, 0) is 49.7 Å². The number of likely N-dealkylation sites (N-methyl/N-ethyl adjacent to an activating group) is 1. The molecule has 2 aromatic heterocycles. The van der Waals surface area contributed by atoms with E-state index in [-0.39, 0.29) is 30.0 Å². The highest BCUT2D eigenvalue weighted by Gasteiger charge is 2.22. The average Bonchev–Trinajstić information content (AvgIpc) is 2.92. The molecule has 0 saturated heterocycles. The van der Waals surface area contributed by atoms with Crippen LogP contribution in [-0.2, 0) is 30.8 Å². The maximum Gasteiger partial charge on any atom is 0.346 e. The van der Waals surface area contributed by atoms with Gasteiger partial charge in [-0.1, -0.05) is 18.2 Å². The SMILES string of the molecule is CN(CC(=O)NC1CCc2nn(Cc3ccc(F)cc3)c(=O)n2CC1)Cc1ccccn1. The van der Waals surface area contributed by atoms with Gasteiger partial charge in [0.15, 0.2) is 0 Å². The number of aromatic nitrogens is 4. The fourth-order valence-electron chi connectivity index (χ4n) is 3.98. The highest BCUT2D eigenvalue weighted by Crippen LogP contribution is 2.13. The van der Waals surface area contributed by atoms with Crippen LogP contribution in [0.5, 0.6) is 0 Å². The lowest BCUT2D eigenvalue weighted by Crippen LogP contribution is -2.41. The molecule has 1 aromatic carbocycles. The second kappa shape index (κ2) is 9.86. The Bertz CT molecular complexity index is 1110. The van der Waals surface area contributed by atoms with Crippen LogP contribution in [0.2, 0.25) is 0 Å². The number of aryl methyl sites for hydroxylation is 1. The van der Waals surface area contributed by atoms with E-state index in [1.807, 2.05) is 30.1 Å². The number of hydrogen-bond donors (Lipinski definition) is 1. The summed E-state index contributed by atoms with van der Waals surface area (Å²) in [6.45, 7) is 1.69. The molecule has 1 atom stereocenters. The van der Waals surface area contributed by atoms with Crippen LogP contribution in [0.4, 0.5) is 4.39 Å². The Morgan fingerprint density at radius 2 is 2.03 bits per heavy atom. The van der Waals surface area contributed by atoms with Gasteiger partial charge in [0.1, 0.15) is 11.6 Å². The molecular formula is C23H27FN6O2. The average molecular weight is 439 g/mol. The topological polar surface area (TPSA) is 85.0 Å². The Morgan fingerprint density at radius 1 is 1.22 bits per heavy atom. The van der Waals surface area contributed by atoms with E-state index >= 15 is 0 Å². The van der Waals surface area contributed by atoms with Crippen LogP contribution in [0, 0.1) is 5.82 Å². The molecule has 0 fully saturated rings. The number of nitrogens with zero attached hydrogens (tertiary/aromatic N) is 5. The summed E-state index contributed by atoms with van der Waals surface area (Å²) in [6, 6.07) is 11.8. The normalized spacial score (nSPS) is 15.9. The van der Waals surface area contributed by atoms with Gasteiger partial charge < -0.3 is 5.32 Å². The van der Waals surface area contributed by atoms with Crippen LogP contribution < -0.4 is 11.0 Å². The molecule has 0 aliphatic carbocycles. The van der Waals surface area contributed by atoms with Crippen molar-refractivity contribution < 1.29 is 9.18 Å². The third kappa shape index (κ3) is 5.47. The van der Waals surface area contributed by atoms with E-state index in [4.69, 9.17) is 0 Å². The largest absolute Gasteiger partial charge is 0.352 e. The van der Waals surface area contributed by atoms with Crippen LogP contribution >= 0.6 is 0 Å². The minimum Gasteiger partial charge on any atom is -0.352 e. The minimum atomic E-state index is -0.308. The molecule has 9 heteroatoms. The van der Waals surface area contributed by atoms with E-state index in [0.717, 1.165) is 23.5 Å². The Hall–Kier alpha value is -3.33. The van der Waals surface area contributed by atoms with Crippen LogP contribution in [0.25, 0.3) is 0 Å². The number of nitrogens with one attached hydrogen (secondary N) is 1. The lowest BCUT2D eigenvalue weighted by molar-refractivity contribution is -0.122. The van der Waals surface area contributed by atoms with Crippen molar-refractivity contribution in [2.75, 3.05) is 13.6 Å². The molecule has 0 saturated carbocycles. The van der Waals surface area contributed by atoms with Crippen molar-refractivity contribution in [1.29, 1.82) is 0 Å². The number of carbonyl (C=O) groups excluding carboxylic acids is 1. The first kappa shape index (κ1) is 21.9. The number of rotatable bonds is 7. The van der Waals surface area contributed by atoms with Crippen molar-refractivity contribution in [2.24, 2.45) is 0 Å². The van der Waals surface area contributed by atoms with Gasteiger partial charge in [0.2, 0.25) is 5.91 Å². The molecule has 1 N–H and O–H groups in total. The Labute approximate surface area is 185 Å². The van der Waals surface area contributed by atoms with Crippen LogP contribution in [0.3, 0.4) is 0 Å². The smallest absolute Gasteiger partial charge is 0.346 e. The summed E-state index contributed by atoms with van der Waals surface area (Å²) in [6.07, 6.45) is 3.75. The molecule has 4 rings (SSSR count). The van der Waals surface area contributed by atoms with Crippen molar-refractivity contribution >= 4 is 5.91 Å². The second-order valence-electron chi connectivity index (χ2n) is 8.22. The molecule has 3 heterocycles. The summed E-state index contributed by atoms with van der Waals surface area (Å²) in [5, 5.41) is 7.58. The summed E-state index contributed by atoms with van der Waals surface area (Å²) in [5.41, 5.74) is 1.56. The number of carbonyl (C=O) groups is 1. The van der Waals surface area contributed by atoms with Crippen molar-refractivity contribution in [1.82, 2.24) is 29.5 Å². The molecule has 168 valence electrons. The van der Waals surface area contributed by atoms with Crippen LogP contribution in [0.15, 0.2) is 53.5 Å². The molecule has 1 aliphatic rings. The quantitative estimate of drug-likeness (QED) is 0.606. The molecule has 1 unspecified atom stereocenters. The standard InChI is InChI=1S/C23H27FN6O2/c1-28(15-20-4-2-3-12-25-20)16-22(31)26-19-9-10-21-27-30(23(32)29(21)13-11-19)14-17-5-7-18(24)8-6-17/h2-8,12,19H,9-11,13-16H2,1H3,(H,26,31). The first-order valence-corrected chi connectivity index (χ1v) is 10.8. The highest BCUT2D eigenvalue weighted by atomic mass is 19.1. The van der Waals surface area contributed by atoms with Crippen molar-refractivity contribution in [3.63, 3.8) is 0 Å². The van der Waals surface area contributed by atoms with Crippen LogP contribution in [0.1, 0.15) is 29.9 Å². The Morgan fingerprint density at radius 3 is 2.78 bits per heavy atom. The molecule has 0 radical (unpaired) electrons. The molecule has 1 aliphatic heterocycles. The predicted molar refractivity (Wildman–Crippen MR) is 117 cm³/mol. The summed E-state index contributed by atoms with van der Waals surface area (Å²) in [4.78, 5) is 31.5. The van der Waals surface area contributed by atoms with E-state index in [2.05, 4.69) is 15.4 Å². The molecule has 1 amide bonds. The summed E-state index contributed by atoms with van der Waals surface area (Å²) in [5.74, 6) is 0.376. The van der Waals surface area contributed by atoms with E-state index < -0.39 is 0 Å². The van der Waals surface area contributed by atoms with E-state index in [0.29, 0.717) is 32.5 Å². The maximum atomic E-state index is 13.1. The Kier molecular flexibility index (Phi) is 6.75. The number of pyridine rings is 1. The van der Waals surface area contributed by atoms with Crippen molar-refractivity contribution in [3.8, 4) is 0 Å². The van der Waals surface area contributed by atoms with Gasteiger partial charge in [0, 0.05) is 31.7 Å². The number of hydrogen-bond acceptors (Lipinski definition) is 5. The Balaban J connectivity index is 1.30. The van der Waals surface area contributed by atoms with Gasteiger partial charge in [-0.3, -0.25) is 19.2 Å². The first-order valence-electron chi connectivity index (χ1n) is 10.8. The molecule has 32 heavy (non-hydrogen) atoms. The predicted octanol–water partition coefficient (Wildman–Crippen LogP) is 1.58. The monoisotopic (exact) mass is 438 g/mol. The number of amides is 1. The van der Waals surface area contributed by atoms with Gasteiger partial charge in [0.05, 0.1) is 18.8 Å². The summed E-state index contributed by atoms with van der Waals surface area (Å²) >= 11 is 0. The van der Waals surface area contributed by atoms with Crippen molar-refractivity contribution in [3.05, 3.63) is 82.0 Å².